The van der Waals surface area contributed by atoms with Gasteiger partial charge in [-0.25, -0.2) is 17.2 Å². The van der Waals surface area contributed by atoms with Gasteiger partial charge in [-0.2, -0.15) is 0 Å². The van der Waals surface area contributed by atoms with Gasteiger partial charge in [-0.3, -0.25) is 0 Å². The largest absolute Gasteiger partial charge is 0.445 e. The molecule has 0 bridgehead atoms. The lowest BCUT2D eigenvalue weighted by molar-refractivity contribution is 0.139. The van der Waals surface area contributed by atoms with E-state index in [1.807, 2.05) is 48.5 Å². The van der Waals surface area contributed by atoms with Crippen molar-refractivity contribution in [1.29, 1.82) is 0 Å². The average molecular weight is 447 g/mol. The van der Waals surface area contributed by atoms with Crippen LogP contribution in [0, 0.1) is 0 Å². The Hall–Kier alpha value is -3.58. The number of hydrogen-bond acceptors (Lipinski definition) is 4. The van der Waals surface area contributed by atoms with E-state index < -0.39 is 16.1 Å². The van der Waals surface area contributed by atoms with Crippen LogP contribution in [0.2, 0.25) is 0 Å². The summed E-state index contributed by atoms with van der Waals surface area (Å²) >= 11 is 0. The molecule has 0 radical (unpaired) electrons. The SMILES string of the molecule is O=C(N[C@H]1C[C@H]1c1cn(S(=O)(=O)c2ccccc2)c2ccccc12)OCc1ccccc1. The number of para-hydroxylation sites is 1. The maximum Gasteiger partial charge on any atom is 0.407 e. The van der Waals surface area contributed by atoms with Crippen LogP contribution in [0.3, 0.4) is 0 Å². The highest BCUT2D eigenvalue weighted by molar-refractivity contribution is 7.90. The molecule has 32 heavy (non-hydrogen) atoms. The number of nitrogens with zero attached hydrogens (tertiary/aromatic N) is 1. The fraction of sp³-hybridized carbons (Fsp3) is 0.160. The van der Waals surface area contributed by atoms with E-state index in [0.29, 0.717) is 5.52 Å². The average Bonchev–Trinajstić information content (AvgIpc) is 3.46. The topological polar surface area (TPSA) is 77.4 Å². The van der Waals surface area contributed by atoms with E-state index in [0.717, 1.165) is 22.9 Å². The van der Waals surface area contributed by atoms with Crippen LogP contribution in [0.4, 0.5) is 4.79 Å². The van der Waals surface area contributed by atoms with Crippen LogP contribution in [0.15, 0.2) is 96.0 Å². The number of benzene rings is 3. The van der Waals surface area contributed by atoms with Gasteiger partial charge >= 0.3 is 6.09 Å². The first-order valence-electron chi connectivity index (χ1n) is 10.4. The summed E-state index contributed by atoms with van der Waals surface area (Å²) in [5.41, 5.74) is 2.46. The Morgan fingerprint density at radius 3 is 2.34 bits per heavy atom. The minimum absolute atomic E-state index is 0.0383. The third-order valence-corrected chi connectivity index (χ3v) is 7.40. The molecule has 2 atom stereocenters. The number of nitrogens with one attached hydrogen (secondary N) is 1. The molecule has 5 rings (SSSR count). The van der Waals surface area contributed by atoms with Crippen LogP contribution in [0.25, 0.3) is 10.9 Å². The first kappa shape index (κ1) is 20.3. The van der Waals surface area contributed by atoms with Gasteiger partial charge in [0.1, 0.15) is 6.61 Å². The third-order valence-electron chi connectivity index (χ3n) is 5.71. The van der Waals surface area contributed by atoms with Gasteiger partial charge in [-0.1, -0.05) is 66.7 Å². The summed E-state index contributed by atoms with van der Waals surface area (Å²) in [6.45, 7) is 0.207. The van der Waals surface area contributed by atoms with Gasteiger partial charge in [-0.15, -0.1) is 0 Å². The molecule has 162 valence electrons. The fourth-order valence-electron chi connectivity index (χ4n) is 3.99. The highest BCUT2D eigenvalue weighted by Gasteiger charge is 2.42. The first-order chi connectivity index (χ1) is 15.5. The monoisotopic (exact) mass is 446 g/mol. The van der Waals surface area contributed by atoms with Crippen molar-refractivity contribution in [3.8, 4) is 0 Å². The third kappa shape index (κ3) is 3.87. The summed E-state index contributed by atoms with van der Waals surface area (Å²) in [5.74, 6) is 0.0383. The van der Waals surface area contributed by atoms with E-state index in [1.54, 1.807) is 42.6 Å². The quantitative estimate of drug-likeness (QED) is 0.467. The van der Waals surface area contributed by atoms with E-state index in [1.165, 1.54) is 3.97 Å². The van der Waals surface area contributed by atoms with E-state index in [4.69, 9.17) is 4.74 Å². The lowest BCUT2D eigenvalue weighted by Gasteiger charge is -2.07. The number of carbonyl (C=O) groups is 1. The summed E-state index contributed by atoms with van der Waals surface area (Å²) in [6, 6.07) is 25.2. The molecule has 1 aliphatic rings. The molecule has 0 aliphatic heterocycles. The van der Waals surface area contributed by atoms with E-state index in [9.17, 15) is 13.2 Å². The van der Waals surface area contributed by atoms with Gasteiger partial charge in [-0.05, 0) is 35.7 Å². The van der Waals surface area contributed by atoms with E-state index >= 15 is 0 Å². The number of rotatable bonds is 6. The van der Waals surface area contributed by atoms with Gasteiger partial charge in [0.05, 0.1) is 10.4 Å². The standard InChI is InChI=1S/C25H22N2O4S/c28-25(31-17-18-9-3-1-4-10-18)26-23-15-21(23)22-16-27(24-14-8-7-13-20(22)24)32(29,30)19-11-5-2-6-12-19/h1-14,16,21,23H,15,17H2,(H,26,28)/t21-,23-/m0/s1. The number of alkyl carbamates (subject to hydrolysis) is 1. The molecule has 0 saturated heterocycles. The van der Waals surface area contributed by atoms with Crippen LogP contribution >= 0.6 is 0 Å². The molecule has 1 heterocycles. The molecule has 1 aliphatic carbocycles. The number of aromatic nitrogens is 1. The van der Waals surface area contributed by atoms with Gasteiger partial charge < -0.3 is 10.1 Å². The summed E-state index contributed by atoms with van der Waals surface area (Å²) in [4.78, 5) is 12.5. The minimum atomic E-state index is -3.73. The Morgan fingerprint density at radius 2 is 1.59 bits per heavy atom. The number of amides is 1. The van der Waals surface area contributed by atoms with Gasteiger partial charge in [0.25, 0.3) is 10.0 Å². The van der Waals surface area contributed by atoms with Crippen molar-refractivity contribution < 1.29 is 17.9 Å². The zero-order chi connectivity index (χ0) is 22.1. The van der Waals surface area contributed by atoms with Crippen molar-refractivity contribution in [3.63, 3.8) is 0 Å². The Morgan fingerprint density at radius 1 is 0.938 bits per heavy atom. The Labute approximate surface area is 186 Å². The van der Waals surface area contributed by atoms with Crippen molar-refractivity contribution in [2.75, 3.05) is 0 Å². The van der Waals surface area contributed by atoms with Gasteiger partial charge in [0, 0.05) is 23.5 Å². The molecule has 1 aromatic heterocycles. The van der Waals surface area contributed by atoms with Crippen molar-refractivity contribution in [3.05, 3.63) is 102 Å². The maximum absolute atomic E-state index is 13.3. The van der Waals surface area contributed by atoms with Crippen molar-refractivity contribution >= 4 is 27.0 Å². The second kappa shape index (κ2) is 8.16. The van der Waals surface area contributed by atoms with Crippen molar-refractivity contribution in [2.45, 2.75) is 29.9 Å². The zero-order valence-corrected chi connectivity index (χ0v) is 18.0. The molecule has 1 saturated carbocycles. The summed E-state index contributed by atoms with van der Waals surface area (Å²) in [7, 11) is -3.73. The number of carbonyl (C=O) groups excluding carboxylic acids is 1. The first-order valence-corrected chi connectivity index (χ1v) is 11.9. The molecule has 7 heteroatoms. The van der Waals surface area contributed by atoms with Gasteiger partial charge in [0.15, 0.2) is 0 Å². The van der Waals surface area contributed by atoms with Crippen LogP contribution in [-0.4, -0.2) is 24.5 Å². The maximum atomic E-state index is 13.3. The lowest BCUT2D eigenvalue weighted by atomic mass is 10.1. The smallest absolute Gasteiger partial charge is 0.407 e. The molecule has 1 amide bonds. The number of ether oxygens (including phenoxy) is 1. The predicted molar refractivity (Wildman–Crippen MR) is 122 cm³/mol. The van der Waals surface area contributed by atoms with Crippen LogP contribution in [0.5, 0.6) is 0 Å². The van der Waals surface area contributed by atoms with Crippen LogP contribution in [0.1, 0.15) is 23.5 Å². The van der Waals surface area contributed by atoms with Gasteiger partial charge in [0.2, 0.25) is 0 Å². The molecule has 1 fully saturated rings. The minimum Gasteiger partial charge on any atom is -0.445 e. The normalized spacial score (nSPS) is 17.8. The Balaban J connectivity index is 1.35. The van der Waals surface area contributed by atoms with Crippen LogP contribution in [-0.2, 0) is 21.4 Å². The molecule has 4 aromatic rings. The Kier molecular flexibility index (Phi) is 5.19. The Bertz CT molecular complexity index is 1370. The predicted octanol–water partition coefficient (Wildman–Crippen LogP) is 4.66. The van der Waals surface area contributed by atoms with Crippen molar-refractivity contribution in [2.24, 2.45) is 0 Å². The summed E-state index contributed by atoms with van der Waals surface area (Å²) in [6.07, 6.45) is 1.95. The van der Waals surface area contributed by atoms with Crippen LogP contribution < -0.4 is 5.32 Å². The molecular formula is C25H22N2O4S. The van der Waals surface area contributed by atoms with Crippen molar-refractivity contribution in [1.82, 2.24) is 9.29 Å². The molecule has 0 unspecified atom stereocenters. The highest BCUT2D eigenvalue weighted by Crippen LogP contribution is 2.45. The molecule has 6 nitrogen and oxygen atoms in total. The van der Waals surface area contributed by atoms with E-state index in [-0.39, 0.29) is 23.5 Å². The molecule has 0 spiro atoms. The number of fused-ring (bicyclic) bond motifs is 1. The second-order valence-corrected chi connectivity index (χ2v) is 9.69. The summed E-state index contributed by atoms with van der Waals surface area (Å²) in [5, 5.41) is 3.77. The fourth-order valence-corrected chi connectivity index (χ4v) is 5.39. The van der Waals surface area contributed by atoms with E-state index in [2.05, 4.69) is 5.32 Å². The second-order valence-electron chi connectivity index (χ2n) is 7.87. The summed E-state index contributed by atoms with van der Waals surface area (Å²) < 4.78 is 33.2. The lowest BCUT2D eigenvalue weighted by Crippen LogP contribution is -2.27. The molecule has 1 N–H and O–H groups in total. The molecule has 3 aromatic carbocycles. The molecular weight excluding hydrogens is 424 g/mol. The zero-order valence-electron chi connectivity index (χ0n) is 17.2. The number of hydrogen-bond donors (Lipinski definition) is 1. The highest BCUT2D eigenvalue weighted by atomic mass is 32.2.